The first-order chi connectivity index (χ1) is 12.0. The molecule has 6 nitrogen and oxygen atoms in total. The minimum absolute atomic E-state index is 0.00723. The van der Waals surface area contributed by atoms with Crippen molar-refractivity contribution >= 4 is 11.9 Å². The van der Waals surface area contributed by atoms with E-state index in [1.807, 2.05) is 23.1 Å². The van der Waals surface area contributed by atoms with E-state index in [9.17, 15) is 4.79 Å². The Balaban J connectivity index is 1.89. The number of hydrogen-bond donors (Lipinski definition) is 1. The lowest BCUT2D eigenvalue weighted by atomic mass is 9.98. The molecule has 2 N–H and O–H groups in total. The Morgan fingerprint density at radius 2 is 2.16 bits per heavy atom. The third kappa shape index (κ3) is 4.13. The molecule has 0 aliphatic carbocycles. The predicted molar refractivity (Wildman–Crippen MR) is 96.9 cm³/mol. The van der Waals surface area contributed by atoms with Crippen molar-refractivity contribution in [1.29, 1.82) is 0 Å². The van der Waals surface area contributed by atoms with E-state index in [1.54, 1.807) is 12.3 Å². The molecule has 3 rings (SSSR count). The predicted octanol–water partition coefficient (Wildman–Crippen LogP) is 3.02. The van der Waals surface area contributed by atoms with Gasteiger partial charge in [-0.15, -0.1) is 0 Å². The molecule has 1 fully saturated rings. The number of carbonyl (C=O) groups excluding carboxylic acids is 1. The van der Waals surface area contributed by atoms with Gasteiger partial charge in [0.2, 0.25) is 5.95 Å². The van der Waals surface area contributed by atoms with Crippen LogP contribution in [0.15, 0.2) is 30.5 Å². The van der Waals surface area contributed by atoms with Crippen LogP contribution in [-0.4, -0.2) is 32.3 Å². The molecule has 0 bridgehead atoms. The molecule has 6 heteroatoms. The Morgan fingerprint density at radius 1 is 1.32 bits per heavy atom. The SMILES string of the molecule is CC(C)Cc1cc(C(=O)N2CCCCC2c2ccccn2)nc(N)n1. The Bertz CT molecular complexity index is 732. The monoisotopic (exact) mass is 339 g/mol. The van der Waals surface area contributed by atoms with Gasteiger partial charge in [-0.1, -0.05) is 19.9 Å². The van der Waals surface area contributed by atoms with E-state index in [1.165, 1.54) is 0 Å². The Hall–Kier alpha value is -2.50. The van der Waals surface area contributed by atoms with Crippen LogP contribution in [-0.2, 0) is 6.42 Å². The molecule has 132 valence electrons. The number of aromatic nitrogens is 3. The number of amides is 1. The van der Waals surface area contributed by atoms with Crippen molar-refractivity contribution in [3.63, 3.8) is 0 Å². The van der Waals surface area contributed by atoms with Crippen LogP contribution in [0.2, 0.25) is 0 Å². The average Bonchev–Trinajstić information content (AvgIpc) is 2.61. The zero-order valence-corrected chi connectivity index (χ0v) is 14.9. The summed E-state index contributed by atoms with van der Waals surface area (Å²) in [5, 5.41) is 0. The molecule has 0 aromatic carbocycles. The van der Waals surface area contributed by atoms with Crippen LogP contribution in [0.1, 0.15) is 61.0 Å². The van der Waals surface area contributed by atoms with E-state index < -0.39 is 0 Å². The summed E-state index contributed by atoms with van der Waals surface area (Å²) in [7, 11) is 0. The molecule has 0 spiro atoms. The number of nitrogens with zero attached hydrogens (tertiary/aromatic N) is 4. The van der Waals surface area contributed by atoms with Crippen molar-refractivity contribution in [2.24, 2.45) is 5.92 Å². The summed E-state index contributed by atoms with van der Waals surface area (Å²) in [6.07, 6.45) is 5.55. The average molecular weight is 339 g/mol. The van der Waals surface area contributed by atoms with Crippen LogP contribution in [0.5, 0.6) is 0 Å². The smallest absolute Gasteiger partial charge is 0.273 e. The number of pyridine rings is 1. The van der Waals surface area contributed by atoms with E-state index in [4.69, 9.17) is 5.73 Å². The first kappa shape index (κ1) is 17.3. The van der Waals surface area contributed by atoms with Crippen molar-refractivity contribution in [3.05, 3.63) is 47.5 Å². The van der Waals surface area contributed by atoms with Crippen LogP contribution < -0.4 is 5.73 Å². The van der Waals surface area contributed by atoms with E-state index in [0.29, 0.717) is 18.2 Å². The molecule has 1 aliphatic heterocycles. The zero-order chi connectivity index (χ0) is 17.8. The topological polar surface area (TPSA) is 85.0 Å². The molecule has 1 amide bonds. The second kappa shape index (κ2) is 7.59. The third-order valence-electron chi connectivity index (χ3n) is 4.43. The highest BCUT2D eigenvalue weighted by Crippen LogP contribution is 2.30. The third-order valence-corrected chi connectivity index (χ3v) is 4.43. The Morgan fingerprint density at radius 3 is 2.88 bits per heavy atom. The fourth-order valence-electron chi connectivity index (χ4n) is 3.35. The minimum Gasteiger partial charge on any atom is -0.368 e. The summed E-state index contributed by atoms with van der Waals surface area (Å²) >= 11 is 0. The second-order valence-electron chi connectivity index (χ2n) is 6.97. The summed E-state index contributed by atoms with van der Waals surface area (Å²) < 4.78 is 0. The Labute approximate surface area is 148 Å². The summed E-state index contributed by atoms with van der Waals surface area (Å²) in [5.74, 6) is 0.510. The van der Waals surface area contributed by atoms with Crippen molar-refractivity contribution in [3.8, 4) is 0 Å². The molecule has 0 saturated carbocycles. The number of nitrogens with two attached hydrogens (primary N) is 1. The fourth-order valence-corrected chi connectivity index (χ4v) is 3.35. The van der Waals surface area contributed by atoms with Gasteiger partial charge in [-0.2, -0.15) is 0 Å². The molecule has 25 heavy (non-hydrogen) atoms. The second-order valence-corrected chi connectivity index (χ2v) is 6.97. The molecular weight excluding hydrogens is 314 g/mol. The van der Waals surface area contributed by atoms with Crippen molar-refractivity contribution < 1.29 is 4.79 Å². The van der Waals surface area contributed by atoms with Gasteiger partial charge in [-0.25, -0.2) is 9.97 Å². The number of carbonyl (C=O) groups is 1. The van der Waals surface area contributed by atoms with Crippen LogP contribution in [0, 0.1) is 5.92 Å². The van der Waals surface area contributed by atoms with E-state index in [-0.39, 0.29) is 17.9 Å². The maximum absolute atomic E-state index is 13.1. The summed E-state index contributed by atoms with van der Waals surface area (Å²) in [4.78, 5) is 27.9. The largest absolute Gasteiger partial charge is 0.368 e. The quantitative estimate of drug-likeness (QED) is 0.925. The van der Waals surface area contributed by atoms with Gasteiger partial charge in [0.05, 0.1) is 11.7 Å². The number of nitrogen functional groups attached to an aromatic ring is 1. The lowest BCUT2D eigenvalue weighted by Gasteiger charge is -2.35. The van der Waals surface area contributed by atoms with Crippen molar-refractivity contribution in [2.45, 2.75) is 45.6 Å². The number of rotatable bonds is 4. The van der Waals surface area contributed by atoms with E-state index in [0.717, 1.165) is 37.1 Å². The molecule has 3 heterocycles. The normalized spacial score (nSPS) is 17.7. The maximum Gasteiger partial charge on any atom is 0.273 e. The van der Waals surface area contributed by atoms with Gasteiger partial charge in [0.1, 0.15) is 5.69 Å². The van der Waals surface area contributed by atoms with Gasteiger partial charge >= 0.3 is 0 Å². The van der Waals surface area contributed by atoms with Gasteiger partial charge in [-0.3, -0.25) is 9.78 Å². The first-order valence-electron chi connectivity index (χ1n) is 8.90. The van der Waals surface area contributed by atoms with Gasteiger partial charge in [0.15, 0.2) is 0 Å². The van der Waals surface area contributed by atoms with Crippen LogP contribution >= 0.6 is 0 Å². The van der Waals surface area contributed by atoms with Gasteiger partial charge in [0, 0.05) is 18.4 Å². The van der Waals surface area contributed by atoms with E-state index >= 15 is 0 Å². The van der Waals surface area contributed by atoms with Gasteiger partial charge < -0.3 is 10.6 Å². The minimum atomic E-state index is -0.0885. The highest BCUT2D eigenvalue weighted by molar-refractivity contribution is 5.93. The number of piperidine rings is 1. The molecule has 1 unspecified atom stereocenters. The van der Waals surface area contributed by atoms with Crippen LogP contribution in [0.25, 0.3) is 0 Å². The molecule has 2 aromatic heterocycles. The molecule has 1 aliphatic rings. The molecule has 0 radical (unpaired) electrons. The molecule has 1 atom stereocenters. The number of hydrogen-bond acceptors (Lipinski definition) is 5. The molecular formula is C19H25N5O. The fraction of sp³-hybridized carbons (Fsp3) is 0.474. The summed E-state index contributed by atoms with van der Waals surface area (Å²) in [6.45, 7) is 4.94. The number of anilines is 1. The zero-order valence-electron chi connectivity index (χ0n) is 14.9. The Kier molecular flexibility index (Phi) is 5.26. The van der Waals surface area contributed by atoms with E-state index in [2.05, 4.69) is 28.8 Å². The van der Waals surface area contributed by atoms with Gasteiger partial charge in [0.25, 0.3) is 5.91 Å². The highest BCUT2D eigenvalue weighted by atomic mass is 16.2. The maximum atomic E-state index is 13.1. The van der Waals surface area contributed by atoms with Crippen LogP contribution in [0.4, 0.5) is 5.95 Å². The standard InChI is InChI=1S/C19H25N5O/c1-13(2)11-14-12-16(23-19(20)22-14)18(25)24-10-6-4-8-17(24)15-7-3-5-9-21-15/h3,5,7,9,12-13,17H,4,6,8,10-11H2,1-2H3,(H2,20,22,23). The highest BCUT2D eigenvalue weighted by Gasteiger charge is 2.30. The molecule has 1 saturated heterocycles. The summed E-state index contributed by atoms with van der Waals surface area (Å²) in [5.41, 5.74) is 7.97. The summed E-state index contributed by atoms with van der Waals surface area (Å²) in [6, 6.07) is 7.61. The van der Waals surface area contributed by atoms with Crippen molar-refractivity contribution in [2.75, 3.05) is 12.3 Å². The van der Waals surface area contributed by atoms with Crippen molar-refractivity contribution in [1.82, 2.24) is 19.9 Å². The molecule has 2 aromatic rings. The lowest BCUT2D eigenvalue weighted by molar-refractivity contribution is 0.0599. The van der Waals surface area contributed by atoms with Crippen LogP contribution in [0.3, 0.4) is 0 Å². The van der Waals surface area contributed by atoms with Gasteiger partial charge in [-0.05, 0) is 49.8 Å². The first-order valence-corrected chi connectivity index (χ1v) is 8.90. The lowest BCUT2D eigenvalue weighted by Crippen LogP contribution is -2.39. The number of likely N-dealkylation sites (tertiary alicyclic amines) is 1.